The molecule has 2 aliphatic rings. The minimum Gasteiger partial charge on any atom is -0.378 e. The van der Waals surface area contributed by atoms with E-state index in [1.54, 1.807) is 29.3 Å². The maximum atomic E-state index is 13.4. The zero-order valence-corrected chi connectivity index (χ0v) is 15.0. The normalized spacial score (nSPS) is 17.2. The zero-order chi connectivity index (χ0) is 18.1. The molecule has 26 heavy (non-hydrogen) atoms. The van der Waals surface area contributed by atoms with Crippen molar-refractivity contribution in [2.45, 2.75) is 13.0 Å². The Labute approximate surface area is 156 Å². The molecule has 0 atom stereocenters. The number of pyridine rings is 1. The fraction of sp³-hybridized carbons (Fsp3) is 0.368. The van der Waals surface area contributed by atoms with Crippen molar-refractivity contribution in [3.63, 3.8) is 0 Å². The topological polar surface area (TPSA) is 45.7 Å². The van der Waals surface area contributed by atoms with Crippen molar-refractivity contribution >= 4 is 23.3 Å². The van der Waals surface area contributed by atoms with Gasteiger partial charge in [-0.05, 0) is 35.7 Å². The lowest BCUT2D eigenvalue weighted by Crippen LogP contribution is -2.40. The summed E-state index contributed by atoms with van der Waals surface area (Å²) >= 11 is 6.44. The van der Waals surface area contributed by atoms with Crippen LogP contribution in [0.1, 0.15) is 21.5 Å². The van der Waals surface area contributed by atoms with Gasteiger partial charge in [0.05, 0.1) is 23.8 Å². The van der Waals surface area contributed by atoms with Gasteiger partial charge >= 0.3 is 0 Å². The number of hydrogen-bond donors (Lipinski definition) is 0. The van der Waals surface area contributed by atoms with Crippen LogP contribution in [0.4, 0.5) is 10.2 Å². The van der Waals surface area contributed by atoms with Gasteiger partial charge in [-0.3, -0.25) is 4.79 Å². The van der Waals surface area contributed by atoms with Crippen LogP contribution in [0.25, 0.3) is 0 Å². The molecule has 1 fully saturated rings. The van der Waals surface area contributed by atoms with E-state index in [1.807, 2.05) is 0 Å². The molecule has 3 heterocycles. The van der Waals surface area contributed by atoms with Crippen LogP contribution in [0.5, 0.6) is 0 Å². The number of carbonyl (C=O) groups excluding carboxylic acids is 1. The fourth-order valence-corrected chi connectivity index (χ4v) is 3.72. The molecule has 1 aromatic heterocycles. The Kier molecular flexibility index (Phi) is 4.78. The molecule has 2 aromatic rings. The van der Waals surface area contributed by atoms with Gasteiger partial charge < -0.3 is 14.5 Å². The van der Waals surface area contributed by atoms with Crippen molar-refractivity contribution in [3.8, 4) is 0 Å². The summed E-state index contributed by atoms with van der Waals surface area (Å²) in [5, 5.41) is 0.453. The van der Waals surface area contributed by atoms with Gasteiger partial charge in [0.25, 0.3) is 5.91 Å². The van der Waals surface area contributed by atoms with E-state index in [1.165, 1.54) is 6.07 Å². The van der Waals surface area contributed by atoms with Crippen LogP contribution in [0.15, 0.2) is 30.5 Å². The number of morpholine rings is 1. The van der Waals surface area contributed by atoms with E-state index in [2.05, 4.69) is 9.88 Å². The standard InChI is InChI=1S/C19H19ClFN3O2/c20-17-10-15(19(25)23-5-7-26-8-6-23)11-22-18(17)24-4-3-13-9-16(21)2-1-14(13)12-24/h1-2,9-11H,3-8,12H2. The highest BCUT2D eigenvalue weighted by Gasteiger charge is 2.23. The maximum absolute atomic E-state index is 13.4. The summed E-state index contributed by atoms with van der Waals surface area (Å²) in [5.41, 5.74) is 2.58. The molecule has 1 amide bonds. The third-order valence-corrected chi connectivity index (χ3v) is 5.13. The second-order valence-corrected chi connectivity index (χ2v) is 6.93. The second-order valence-electron chi connectivity index (χ2n) is 6.52. The smallest absolute Gasteiger partial charge is 0.255 e. The Morgan fingerprint density at radius 1 is 1.15 bits per heavy atom. The Hall–Kier alpha value is -2.18. The largest absolute Gasteiger partial charge is 0.378 e. The SMILES string of the molecule is O=C(c1cnc(N2CCc3cc(F)ccc3C2)c(Cl)c1)N1CCOCC1. The van der Waals surface area contributed by atoms with Crippen molar-refractivity contribution in [1.82, 2.24) is 9.88 Å². The molecule has 0 spiro atoms. The quantitative estimate of drug-likeness (QED) is 0.809. The average Bonchev–Trinajstić information content (AvgIpc) is 2.67. The first kappa shape index (κ1) is 17.2. The lowest BCUT2D eigenvalue weighted by atomic mass is 9.99. The van der Waals surface area contributed by atoms with Crippen LogP contribution in [0.2, 0.25) is 5.02 Å². The molecule has 0 radical (unpaired) electrons. The average molecular weight is 376 g/mol. The highest BCUT2D eigenvalue weighted by molar-refractivity contribution is 6.33. The van der Waals surface area contributed by atoms with E-state index in [4.69, 9.17) is 16.3 Å². The van der Waals surface area contributed by atoms with Gasteiger partial charge in [-0.15, -0.1) is 0 Å². The predicted molar refractivity (Wildman–Crippen MR) is 97.1 cm³/mol. The molecule has 0 unspecified atom stereocenters. The minimum atomic E-state index is -0.209. The van der Waals surface area contributed by atoms with Crippen molar-refractivity contribution in [3.05, 3.63) is 58.0 Å². The number of carbonyl (C=O) groups is 1. The predicted octanol–water partition coefficient (Wildman–Crippen LogP) is 2.91. The van der Waals surface area contributed by atoms with Crippen LogP contribution in [0.3, 0.4) is 0 Å². The monoisotopic (exact) mass is 375 g/mol. The Morgan fingerprint density at radius 3 is 2.73 bits per heavy atom. The summed E-state index contributed by atoms with van der Waals surface area (Å²) in [6, 6.07) is 6.55. The number of aromatic nitrogens is 1. The molecule has 1 aromatic carbocycles. The van der Waals surface area contributed by atoms with Crippen molar-refractivity contribution in [2.24, 2.45) is 0 Å². The summed E-state index contributed by atoms with van der Waals surface area (Å²) in [6.07, 6.45) is 2.32. The van der Waals surface area contributed by atoms with E-state index in [0.29, 0.717) is 55.8 Å². The fourth-order valence-electron chi connectivity index (χ4n) is 3.43. The first-order valence-electron chi connectivity index (χ1n) is 8.66. The van der Waals surface area contributed by atoms with Gasteiger partial charge in [0, 0.05) is 32.4 Å². The summed E-state index contributed by atoms with van der Waals surface area (Å²) in [7, 11) is 0. The van der Waals surface area contributed by atoms with E-state index >= 15 is 0 Å². The molecule has 1 saturated heterocycles. The maximum Gasteiger partial charge on any atom is 0.255 e. The molecule has 5 nitrogen and oxygen atoms in total. The molecule has 136 valence electrons. The lowest BCUT2D eigenvalue weighted by molar-refractivity contribution is 0.0302. The van der Waals surface area contributed by atoms with Gasteiger partial charge in [-0.2, -0.15) is 0 Å². The highest BCUT2D eigenvalue weighted by atomic mass is 35.5. The molecule has 0 bridgehead atoms. The summed E-state index contributed by atoms with van der Waals surface area (Å²) in [5.74, 6) is 0.369. The number of nitrogens with zero attached hydrogens (tertiary/aromatic N) is 3. The zero-order valence-electron chi connectivity index (χ0n) is 14.3. The van der Waals surface area contributed by atoms with Gasteiger partial charge in [-0.1, -0.05) is 17.7 Å². The van der Waals surface area contributed by atoms with Crippen molar-refractivity contribution in [1.29, 1.82) is 0 Å². The van der Waals surface area contributed by atoms with Crippen molar-refractivity contribution in [2.75, 3.05) is 37.7 Å². The van der Waals surface area contributed by atoms with Gasteiger partial charge in [-0.25, -0.2) is 9.37 Å². The van der Waals surface area contributed by atoms with Crippen LogP contribution >= 0.6 is 11.6 Å². The van der Waals surface area contributed by atoms with E-state index in [0.717, 1.165) is 17.5 Å². The minimum absolute atomic E-state index is 0.0753. The van der Waals surface area contributed by atoms with E-state index < -0.39 is 0 Å². The van der Waals surface area contributed by atoms with E-state index in [9.17, 15) is 9.18 Å². The van der Waals surface area contributed by atoms with Gasteiger partial charge in [0.1, 0.15) is 11.6 Å². The number of benzene rings is 1. The van der Waals surface area contributed by atoms with Crippen LogP contribution < -0.4 is 4.90 Å². The van der Waals surface area contributed by atoms with Crippen LogP contribution in [-0.2, 0) is 17.7 Å². The number of ether oxygens (including phenoxy) is 1. The van der Waals surface area contributed by atoms with E-state index in [-0.39, 0.29) is 11.7 Å². The molecular weight excluding hydrogens is 357 g/mol. The number of hydrogen-bond acceptors (Lipinski definition) is 4. The number of amides is 1. The van der Waals surface area contributed by atoms with Crippen LogP contribution in [-0.4, -0.2) is 48.6 Å². The van der Waals surface area contributed by atoms with Crippen LogP contribution in [0, 0.1) is 5.82 Å². The molecule has 4 rings (SSSR count). The first-order chi connectivity index (χ1) is 12.6. The molecule has 0 saturated carbocycles. The first-order valence-corrected chi connectivity index (χ1v) is 9.04. The summed E-state index contributed by atoms with van der Waals surface area (Å²) in [6.45, 7) is 3.60. The number of fused-ring (bicyclic) bond motifs is 1. The Bertz CT molecular complexity index is 840. The molecule has 0 aliphatic carbocycles. The third kappa shape index (κ3) is 3.39. The molecule has 2 aliphatic heterocycles. The number of rotatable bonds is 2. The van der Waals surface area contributed by atoms with Crippen molar-refractivity contribution < 1.29 is 13.9 Å². The number of halogens is 2. The highest BCUT2D eigenvalue weighted by Crippen LogP contribution is 2.29. The summed E-state index contributed by atoms with van der Waals surface area (Å²) < 4.78 is 18.6. The third-order valence-electron chi connectivity index (χ3n) is 4.85. The molecule has 0 N–H and O–H groups in total. The molecule has 7 heteroatoms. The number of anilines is 1. The lowest BCUT2D eigenvalue weighted by Gasteiger charge is -2.31. The molecular formula is C19H19ClFN3O2. The summed E-state index contributed by atoms with van der Waals surface area (Å²) in [4.78, 5) is 20.8. The Morgan fingerprint density at radius 2 is 1.96 bits per heavy atom. The second kappa shape index (κ2) is 7.21. The Balaban J connectivity index is 1.53. The van der Waals surface area contributed by atoms with Gasteiger partial charge in [0.2, 0.25) is 0 Å². The van der Waals surface area contributed by atoms with Gasteiger partial charge in [0.15, 0.2) is 0 Å².